The molecule has 1 radical (unpaired) electrons. The van der Waals surface area contributed by atoms with Crippen LogP contribution in [0, 0.1) is 6.61 Å². The van der Waals surface area contributed by atoms with Gasteiger partial charge in [-0.3, -0.25) is 0 Å². The quantitative estimate of drug-likeness (QED) is 0.616. The predicted molar refractivity (Wildman–Crippen MR) is 41.5 cm³/mol. The molecule has 0 aromatic heterocycles. The first-order valence-electron chi connectivity index (χ1n) is 3.32. The van der Waals surface area contributed by atoms with Gasteiger partial charge in [-0.2, -0.15) is 0 Å². The minimum absolute atomic E-state index is 0.886. The van der Waals surface area contributed by atoms with E-state index in [-0.39, 0.29) is 0 Å². The maximum atomic E-state index is 4.82. The van der Waals surface area contributed by atoms with E-state index < -0.39 is 0 Å². The molecule has 0 unspecified atom stereocenters. The molecule has 1 aromatic carbocycles. The second-order valence-electron chi connectivity index (χ2n) is 2.09. The van der Waals surface area contributed by atoms with Crippen molar-refractivity contribution < 1.29 is 4.74 Å². The summed E-state index contributed by atoms with van der Waals surface area (Å²) >= 11 is 0. The van der Waals surface area contributed by atoms with E-state index >= 15 is 0 Å². The molecule has 0 N–H and O–H groups in total. The summed E-state index contributed by atoms with van der Waals surface area (Å²) in [6, 6.07) is 10.2. The average Bonchev–Trinajstić information content (AvgIpc) is 2.03. The summed E-state index contributed by atoms with van der Waals surface area (Å²) in [5, 5.41) is 0. The van der Waals surface area contributed by atoms with E-state index in [0.29, 0.717) is 0 Å². The molecule has 1 heteroatoms. The molecule has 0 aliphatic carbocycles. The number of hydrogen-bond acceptors (Lipinski definition) is 1. The Kier molecular flexibility index (Phi) is 2.97. The molecule has 0 saturated carbocycles. The largest absolute Gasteiger partial charge is 0.378 e. The highest BCUT2D eigenvalue weighted by Gasteiger charge is 1.88. The zero-order chi connectivity index (χ0) is 7.23. The van der Waals surface area contributed by atoms with Crippen LogP contribution >= 0.6 is 0 Å². The van der Waals surface area contributed by atoms with E-state index in [4.69, 9.17) is 4.74 Å². The number of benzene rings is 1. The van der Waals surface area contributed by atoms with Gasteiger partial charge in [0.2, 0.25) is 0 Å². The Balaban J connectivity index is 2.43. The van der Waals surface area contributed by atoms with Gasteiger partial charge in [-0.15, -0.1) is 0 Å². The Labute approximate surface area is 61.6 Å². The molecular formula is C9H11O. The van der Waals surface area contributed by atoms with Crippen molar-refractivity contribution >= 4 is 0 Å². The minimum Gasteiger partial charge on any atom is -0.378 e. The Bertz CT molecular complexity index is 169. The van der Waals surface area contributed by atoms with Gasteiger partial charge in [0, 0.05) is 13.5 Å². The van der Waals surface area contributed by atoms with Crippen molar-refractivity contribution in [1.29, 1.82) is 0 Å². The summed E-state index contributed by atoms with van der Waals surface area (Å²) in [7, 11) is 1.67. The van der Waals surface area contributed by atoms with E-state index in [0.717, 1.165) is 6.42 Å². The predicted octanol–water partition coefficient (Wildman–Crippen LogP) is 2.04. The van der Waals surface area contributed by atoms with E-state index in [2.05, 4.69) is 12.1 Å². The first kappa shape index (κ1) is 7.29. The third-order valence-corrected chi connectivity index (χ3v) is 1.33. The van der Waals surface area contributed by atoms with Crippen molar-refractivity contribution in [3.05, 3.63) is 42.5 Å². The van der Waals surface area contributed by atoms with E-state index in [1.165, 1.54) is 5.56 Å². The fourth-order valence-electron chi connectivity index (χ4n) is 0.794. The third kappa shape index (κ3) is 2.19. The van der Waals surface area contributed by atoms with Crippen LogP contribution in [0.4, 0.5) is 0 Å². The van der Waals surface area contributed by atoms with Crippen LogP contribution in [0.5, 0.6) is 0 Å². The molecule has 10 heavy (non-hydrogen) atoms. The number of ether oxygens (including phenoxy) is 1. The molecule has 0 atom stereocenters. The molecule has 1 nitrogen and oxygen atoms in total. The summed E-state index contributed by atoms with van der Waals surface area (Å²) in [6.07, 6.45) is 0.886. The fraction of sp³-hybridized carbons (Fsp3) is 0.222. The Morgan fingerprint density at radius 3 is 2.60 bits per heavy atom. The highest BCUT2D eigenvalue weighted by Crippen LogP contribution is 2.00. The monoisotopic (exact) mass is 135 g/mol. The fourth-order valence-corrected chi connectivity index (χ4v) is 0.794. The van der Waals surface area contributed by atoms with E-state index in [1.54, 1.807) is 13.7 Å². The Morgan fingerprint density at radius 2 is 2.00 bits per heavy atom. The third-order valence-electron chi connectivity index (χ3n) is 1.33. The molecule has 0 bridgehead atoms. The highest BCUT2D eigenvalue weighted by atomic mass is 16.5. The lowest BCUT2D eigenvalue weighted by atomic mass is 10.2. The van der Waals surface area contributed by atoms with Gasteiger partial charge >= 0.3 is 0 Å². The minimum atomic E-state index is 0.886. The number of rotatable bonds is 3. The van der Waals surface area contributed by atoms with Crippen molar-refractivity contribution in [1.82, 2.24) is 0 Å². The first-order chi connectivity index (χ1) is 4.93. The van der Waals surface area contributed by atoms with Crippen molar-refractivity contribution in [2.75, 3.05) is 7.11 Å². The van der Waals surface area contributed by atoms with Crippen molar-refractivity contribution in [3.8, 4) is 0 Å². The van der Waals surface area contributed by atoms with Crippen LogP contribution in [0.3, 0.4) is 0 Å². The van der Waals surface area contributed by atoms with Gasteiger partial charge in [0.1, 0.15) is 0 Å². The molecule has 1 aromatic rings. The molecular weight excluding hydrogens is 124 g/mol. The number of methoxy groups -OCH3 is 1. The second-order valence-corrected chi connectivity index (χ2v) is 2.09. The zero-order valence-electron chi connectivity index (χ0n) is 6.08. The van der Waals surface area contributed by atoms with Crippen molar-refractivity contribution in [2.45, 2.75) is 6.42 Å². The Hall–Kier alpha value is -0.820. The number of hydrogen-bond donors (Lipinski definition) is 0. The van der Waals surface area contributed by atoms with E-state index in [1.807, 2.05) is 18.2 Å². The summed E-state index contributed by atoms with van der Waals surface area (Å²) in [4.78, 5) is 0. The molecule has 0 saturated heterocycles. The van der Waals surface area contributed by atoms with Crippen LogP contribution in [-0.4, -0.2) is 7.11 Å². The summed E-state index contributed by atoms with van der Waals surface area (Å²) < 4.78 is 4.82. The normalized spacial score (nSPS) is 9.70. The van der Waals surface area contributed by atoms with Crippen LogP contribution in [-0.2, 0) is 11.2 Å². The van der Waals surface area contributed by atoms with Gasteiger partial charge in [-0.1, -0.05) is 30.3 Å². The summed E-state index contributed by atoms with van der Waals surface area (Å²) in [5.74, 6) is 0. The van der Waals surface area contributed by atoms with E-state index in [9.17, 15) is 0 Å². The van der Waals surface area contributed by atoms with Gasteiger partial charge in [0.25, 0.3) is 0 Å². The summed E-state index contributed by atoms with van der Waals surface area (Å²) in [6.45, 7) is 1.79. The van der Waals surface area contributed by atoms with Crippen LogP contribution in [0.15, 0.2) is 30.3 Å². The van der Waals surface area contributed by atoms with Crippen LogP contribution < -0.4 is 0 Å². The van der Waals surface area contributed by atoms with Gasteiger partial charge in [0.05, 0.1) is 6.61 Å². The molecule has 53 valence electrons. The van der Waals surface area contributed by atoms with Gasteiger partial charge < -0.3 is 4.74 Å². The van der Waals surface area contributed by atoms with Crippen molar-refractivity contribution in [2.24, 2.45) is 0 Å². The van der Waals surface area contributed by atoms with Crippen LogP contribution in [0.1, 0.15) is 5.56 Å². The zero-order valence-corrected chi connectivity index (χ0v) is 6.08. The van der Waals surface area contributed by atoms with Gasteiger partial charge in [-0.25, -0.2) is 0 Å². The first-order valence-corrected chi connectivity index (χ1v) is 3.32. The summed E-state index contributed by atoms with van der Waals surface area (Å²) in [5.41, 5.74) is 1.28. The maximum Gasteiger partial charge on any atom is 0.0876 e. The van der Waals surface area contributed by atoms with Crippen molar-refractivity contribution in [3.63, 3.8) is 0 Å². The maximum absolute atomic E-state index is 4.82. The SMILES string of the molecule is CO[CH]Cc1ccccc1. The average molecular weight is 135 g/mol. The lowest BCUT2D eigenvalue weighted by Gasteiger charge is -1.96. The second kappa shape index (κ2) is 4.07. The topological polar surface area (TPSA) is 9.23 Å². The lowest BCUT2D eigenvalue weighted by molar-refractivity contribution is 0.271. The molecule has 0 aliphatic rings. The molecule has 0 spiro atoms. The molecule has 0 heterocycles. The standard InChI is InChI=1S/C9H11O/c1-10-8-7-9-5-3-2-4-6-9/h2-6,8H,7H2,1H3. The lowest BCUT2D eigenvalue weighted by Crippen LogP contribution is -1.86. The highest BCUT2D eigenvalue weighted by molar-refractivity contribution is 5.15. The van der Waals surface area contributed by atoms with Crippen LogP contribution in [0.25, 0.3) is 0 Å². The molecule has 0 amide bonds. The van der Waals surface area contributed by atoms with Crippen LogP contribution in [0.2, 0.25) is 0 Å². The Morgan fingerprint density at radius 1 is 1.30 bits per heavy atom. The van der Waals surface area contributed by atoms with Gasteiger partial charge in [0.15, 0.2) is 0 Å². The smallest absolute Gasteiger partial charge is 0.0876 e. The molecule has 0 fully saturated rings. The molecule has 0 aliphatic heterocycles. The molecule has 1 rings (SSSR count). The van der Waals surface area contributed by atoms with Gasteiger partial charge in [-0.05, 0) is 5.56 Å².